The molecule has 0 spiro atoms. The number of nitrogens with zero attached hydrogens (tertiary/aromatic N) is 5. The Morgan fingerprint density at radius 1 is 0.274 bits per heavy atom. The number of fused-ring (bicyclic) bond motifs is 10. The summed E-state index contributed by atoms with van der Waals surface area (Å²) in [5.74, 6) is 1.86. The summed E-state index contributed by atoms with van der Waals surface area (Å²) in [6.45, 7) is 0. The summed E-state index contributed by atoms with van der Waals surface area (Å²) in [6.07, 6.45) is 0. The average molecular weight is 948 g/mol. The largest absolute Gasteiger partial charge is 0.307 e. The molecule has 15 aromatic rings. The first-order valence-electron chi connectivity index (χ1n) is 24.7. The number of benzene rings is 11. The smallest absolute Gasteiger partial charge is 0.164 e. The minimum Gasteiger partial charge on any atom is -0.307 e. The SMILES string of the molecule is c1ccc(-c2cccc(-n3c4ccccc4c4cccc(-n5c6ccccc6c6ccc(-c7nc(-c8ccc(-c9ccc%10ccccc%10c9)cc8)nc(-c8ccc9c(c8)sc8ccccc89)n7)cc65)c43)c2)cc1. The molecule has 0 aliphatic rings. The predicted octanol–water partition coefficient (Wildman–Crippen LogP) is 17.9. The lowest BCUT2D eigenvalue weighted by Crippen LogP contribution is -2.02. The fourth-order valence-corrected chi connectivity index (χ4v) is 12.2. The van der Waals surface area contributed by atoms with Crippen LogP contribution < -0.4 is 0 Å². The highest BCUT2D eigenvalue weighted by Gasteiger charge is 2.22. The van der Waals surface area contributed by atoms with Gasteiger partial charge >= 0.3 is 0 Å². The van der Waals surface area contributed by atoms with Crippen LogP contribution in [0.3, 0.4) is 0 Å². The molecule has 0 radical (unpaired) electrons. The van der Waals surface area contributed by atoms with Crippen LogP contribution in [0.15, 0.2) is 249 Å². The highest BCUT2D eigenvalue weighted by atomic mass is 32.1. The van der Waals surface area contributed by atoms with E-state index < -0.39 is 0 Å². The van der Waals surface area contributed by atoms with Crippen molar-refractivity contribution in [3.63, 3.8) is 0 Å². The first-order chi connectivity index (χ1) is 36.2. The van der Waals surface area contributed by atoms with Crippen LogP contribution in [0.1, 0.15) is 0 Å². The predicted molar refractivity (Wildman–Crippen MR) is 306 cm³/mol. The van der Waals surface area contributed by atoms with Crippen molar-refractivity contribution in [2.75, 3.05) is 0 Å². The molecule has 4 heterocycles. The summed E-state index contributed by atoms with van der Waals surface area (Å²) in [6, 6.07) is 89.5. The average Bonchev–Trinajstić information content (AvgIpc) is 4.13. The molecule has 340 valence electrons. The zero-order valence-corrected chi connectivity index (χ0v) is 40.1. The molecular formula is C67H41N5S. The third-order valence-electron chi connectivity index (χ3n) is 14.6. The van der Waals surface area contributed by atoms with Gasteiger partial charge in [0.1, 0.15) is 0 Å². The minimum absolute atomic E-state index is 0.610. The topological polar surface area (TPSA) is 48.5 Å². The lowest BCUT2D eigenvalue weighted by atomic mass is 10.00. The molecule has 5 nitrogen and oxygen atoms in total. The monoisotopic (exact) mass is 947 g/mol. The van der Waals surface area contributed by atoms with Crippen LogP contribution in [0.5, 0.6) is 0 Å². The molecule has 0 unspecified atom stereocenters. The molecule has 6 heteroatoms. The van der Waals surface area contributed by atoms with E-state index in [2.05, 4.69) is 258 Å². The summed E-state index contributed by atoms with van der Waals surface area (Å²) in [5, 5.41) is 9.66. The highest BCUT2D eigenvalue weighted by molar-refractivity contribution is 7.25. The first kappa shape index (κ1) is 41.3. The third-order valence-corrected chi connectivity index (χ3v) is 15.7. The van der Waals surface area contributed by atoms with Gasteiger partial charge < -0.3 is 9.13 Å². The molecule has 0 fully saturated rings. The van der Waals surface area contributed by atoms with Gasteiger partial charge in [0, 0.05) is 64.1 Å². The molecule has 15 rings (SSSR count). The molecule has 73 heavy (non-hydrogen) atoms. The zero-order valence-electron chi connectivity index (χ0n) is 39.3. The molecule has 0 amide bonds. The van der Waals surface area contributed by atoms with E-state index in [4.69, 9.17) is 15.0 Å². The molecule has 0 atom stereocenters. The maximum absolute atomic E-state index is 5.35. The molecule has 0 saturated carbocycles. The van der Waals surface area contributed by atoms with Crippen molar-refractivity contribution in [2.45, 2.75) is 0 Å². The third kappa shape index (κ3) is 6.80. The Hall–Kier alpha value is -9.49. The Bertz CT molecular complexity index is 4680. The van der Waals surface area contributed by atoms with Crippen molar-refractivity contribution >= 4 is 85.9 Å². The molecule has 0 aliphatic heterocycles. The summed E-state index contributed by atoms with van der Waals surface area (Å²) in [4.78, 5) is 15.9. The van der Waals surface area contributed by atoms with E-state index in [1.807, 2.05) is 0 Å². The van der Waals surface area contributed by atoms with Gasteiger partial charge in [-0.25, -0.2) is 15.0 Å². The van der Waals surface area contributed by atoms with E-state index in [-0.39, 0.29) is 0 Å². The molecule has 0 bridgehead atoms. The van der Waals surface area contributed by atoms with Gasteiger partial charge in [-0.2, -0.15) is 0 Å². The van der Waals surface area contributed by atoms with Crippen molar-refractivity contribution in [1.82, 2.24) is 24.1 Å². The second-order valence-electron chi connectivity index (χ2n) is 18.8. The van der Waals surface area contributed by atoms with Gasteiger partial charge in [0.05, 0.1) is 27.8 Å². The van der Waals surface area contributed by atoms with Crippen molar-refractivity contribution in [3.8, 4) is 67.8 Å². The van der Waals surface area contributed by atoms with Gasteiger partial charge in [-0.05, 0) is 87.6 Å². The number of hydrogen-bond donors (Lipinski definition) is 0. The van der Waals surface area contributed by atoms with Crippen LogP contribution >= 0.6 is 11.3 Å². The number of thiophene rings is 1. The molecule has 0 N–H and O–H groups in total. The Balaban J connectivity index is 0.931. The van der Waals surface area contributed by atoms with E-state index in [0.717, 1.165) is 61.1 Å². The van der Waals surface area contributed by atoms with Crippen molar-refractivity contribution in [1.29, 1.82) is 0 Å². The maximum Gasteiger partial charge on any atom is 0.164 e. The fourth-order valence-electron chi connectivity index (χ4n) is 11.1. The van der Waals surface area contributed by atoms with Crippen LogP contribution in [0.2, 0.25) is 0 Å². The van der Waals surface area contributed by atoms with Crippen LogP contribution in [0.25, 0.3) is 142 Å². The normalized spacial score (nSPS) is 11.8. The summed E-state index contributed by atoms with van der Waals surface area (Å²) < 4.78 is 7.35. The number of rotatable bonds is 7. The standard InChI is InChI=1S/C67H41N5S/c1-2-14-42(15-3-1)47-18-12-19-51(39-47)71-58-24-9-7-21-53(58)57-23-13-26-60(64(57)71)72-59-25-10-6-20-52(59)54-36-34-49(40-61(54)72)66-68-65(45-31-28-44(29-32-45)48-33-30-43-16-4-5-17-46(43)38-48)69-67(70-66)50-35-37-56-55-22-8-11-27-62(55)73-63(56)41-50/h1-41H. The summed E-state index contributed by atoms with van der Waals surface area (Å²) in [5.41, 5.74) is 14.1. The second-order valence-corrected chi connectivity index (χ2v) is 19.9. The fraction of sp³-hybridized carbons (Fsp3) is 0. The lowest BCUT2D eigenvalue weighted by molar-refractivity contribution is 1.07. The zero-order chi connectivity index (χ0) is 48.0. The Morgan fingerprint density at radius 3 is 1.60 bits per heavy atom. The lowest BCUT2D eigenvalue weighted by Gasteiger charge is -2.15. The molecule has 0 aliphatic carbocycles. The van der Waals surface area contributed by atoms with Crippen LogP contribution in [0.4, 0.5) is 0 Å². The number of aromatic nitrogens is 5. The highest BCUT2D eigenvalue weighted by Crippen LogP contribution is 2.42. The van der Waals surface area contributed by atoms with Gasteiger partial charge in [-0.15, -0.1) is 11.3 Å². The van der Waals surface area contributed by atoms with Crippen LogP contribution in [-0.2, 0) is 0 Å². The second kappa shape index (κ2) is 16.6. The molecular weight excluding hydrogens is 907 g/mol. The number of para-hydroxylation sites is 3. The Kier molecular flexibility index (Phi) is 9.37. The van der Waals surface area contributed by atoms with Crippen LogP contribution in [-0.4, -0.2) is 24.1 Å². The number of hydrogen-bond acceptors (Lipinski definition) is 4. The van der Waals surface area contributed by atoms with E-state index in [0.29, 0.717) is 17.5 Å². The summed E-state index contributed by atoms with van der Waals surface area (Å²) in [7, 11) is 0. The molecule has 11 aromatic carbocycles. The van der Waals surface area contributed by atoms with Crippen molar-refractivity contribution < 1.29 is 0 Å². The van der Waals surface area contributed by atoms with Crippen LogP contribution in [0, 0.1) is 0 Å². The molecule has 4 aromatic heterocycles. The Morgan fingerprint density at radius 2 is 0.795 bits per heavy atom. The van der Waals surface area contributed by atoms with Gasteiger partial charge in [0.25, 0.3) is 0 Å². The van der Waals surface area contributed by atoms with Gasteiger partial charge in [-0.1, -0.05) is 194 Å². The van der Waals surface area contributed by atoms with Crippen molar-refractivity contribution in [3.05, 3.63) is 249 Å². The van der Waals surface area contributed by atoms with Gasteiger partial charge in [0.15, 0.2) is 17.5 Å². The minimum atomic E-state index is 0.610. The summed E-state index contributed by atoms with van der Waals surface area (Å²) >= 11 is 1.80. The van der Waals surface area contributed by atoms with E-state index in [9.17, 15) is 0 Å². The molecule has 0 saturated heterocycles. The van der Waals surface area contributed by atoms with E-state index in [1.165, 1.54) is 63.8 Å². The van der Waals surface area contributed by atoms with E-state index in [1.54, 1.807) is 11.3 Å². The van der Waals surface area contributed by atoms with Gasteiger partial charge in [-0.3, -0.25) is 0 Å². The maximum atomic E-state index is 5.35. The quantitative estimate of drug-likeness (QED) is 0.160. The first-order valence-corrected chi connectivity index (χ1v) is 25.5. The van der Waals surface area contributed by atoms with Gasteiger partial charge in [0.2, 0.25) is 0 Å². The van der Waals surface area contributed by atoms with Crippen molar-refractivity contribution in [2.24, 2.45) is 0 Å². The Labute approximate surface area is 424 Å². The van der Waals surface area contributed by atoms with E-state index >= 15 is 0 Å².